The molecule has 6 nitrogen and oxygen atoms in total. The third kappa shape index (κ3) is 5.92. The van der Waals surface area contributed by atoms with Gasteiger partial charge in [0.05, 0.1) is 11.0 Å². The average molecular weight is 744 g/mol. The molecule has 0 N–H and O–H groups in total. The molecular weight excluding hydrogens is 711 g/mol. The van der Waals surface area contributed by atoms with Crippen molar-refractivity contribution in [3.63, 3.8) is 0 Å². The fourth-order valence-electron chi connectivity index (χ4n) is 7.87. The van der Waals surface area contributed by atoms with Gasteiger partial charge < -0.3 is 4.42 Å². The van der Waals surface area contributed by atoms with Crippen LogP contribution >= 0.6 is 0 Å². The Bertz CT molecular complexity index is 3210. The predicted octanol–water partition coefficient (Wildman–Crippen LogP) is 13.1. The number of imidazole rings is 1. The molecule has 6 heteroatoms. The summed E-state index contributed by atoms with van der Waals surface area (Å²) < 4.78 is 8.73. The number of furan rings is 1. The molecule has 0 fully saturated rings. The zero-order valence-corrected chi connectivity index (χ0v) is 31.2. The Morgan fingerprint density at radius 2 is 0.914 bits per heavy atom. The number of hydrogen-bond donors (Lipinski definition) is 0. The van der Waals surface area contributed by atoms with Gasteiger partial charge in [0.1, 0.15) is 17.0 Å². The van der Waals surface area contributed by atoms with E-state index in [0.29, 0.717) is 17.5 Å². The van der Waals surface area contributed by atoms with Crippen molar-refractivity contribution in [3.8, 4) is 73.5 Å². The Morgan fingerprint density at radius 1 is 0.362 bits per heavy atom. The summed E-state index contributed by atoms with van der Waals surface area (Å²) in [5, 5.41) is 1.95. The largest absolute Gasteiger partial charge is 0.456 e. The SMILES string of the molecule is c1ccc(-c2ccc(-n3c(-c4cccc(-c5ccc6oc7cccc(-c8nc(-c9ccccc9)nc(-c9ccccc9)n8)c7c6c5)c4)nc4ccccc43)cc2)cc1. The van der Waals surface area contributed by atoms with Crippen molar-refractivity contribution >= 4 is 33.0 Å². The van der Waals surface area contributed by atoms with E-state index in [1.807, 2.05) is 84.9 Å². The van der Waals surface area contributed by atoms with Crippen molar-refractivity contribution in [1.82, 2.24) is 24.5 Å². The van der Waals surface area contributed by atoms with E-state index in [1.165, 1.54) is 11.1 Å². The fourth-order valence-corrected chi connectivity index (χ4v) is 7.87. The van der Waals surface area contributed by atoms with Crippen molar-refractivity contribution < 1.29 is 4.42 Å². The fraction of sp³-hybridized carbons (Fsp3) is 0. The number of fused-ring (bicyclic) bond motifs is 4. The first kappa shape index (κ1) is 33.4. The molecule has 272 valence electrons. The van der Waals surface area contributed by atoms with E-state index in [0.717, 1.165) is 77.9 Å². The van der Waals surface area contributed by atoms with Gasteiger partial charge in [0.2, 0.25) is 0 Å². The van der Waals surface area contributed by atoms with Gasteiger partial charge in [-0.3, -0.25) is 4.57 Å². The minimum Gasteiger partial charge on any atom is -0.456 e. The van der Waals surface area contributed by atoms with Crippen molar-refractivity contribution in [2.75, 3.05) is 0 Å². The van der Waals surface area contributed by atoms with E-state index in [4.69, 9.17) is 24.4 Å². The normalized spacial score (nSPS) is 11.4. The third-order valence-electron chi connectivity index (χ3n) is 10.7. The van der Waals surface area contributed by atoms with Gasteiger partial charge in [-0.15, -0.1) is 0 Å². The zero-order chi connectivity index (χ0) is 38.4. The molecular formula is C52H33N5O. The maximum atomic E-state index is 6.48. The lowest BCUT2D eigenvalue weighted by Crippen LogP contribution is -2.00. The lowest BCUT2D eigenvalue weighted by molar-refractivity contribution is 0.669. The second kappa shape index (κ2) is 14.0. The zero-order valence-electron chi connectivity index (χ0n) is 31.2. The molecule has 0 saturated carbocycles. The van der Waals surface area contributed by atoms with Gasteiger partial charge in [0.25, 0.3) is 0 Å². The van der Waals surface area contributed by atoms with Crippen LogP contribution in [0, 0.1) is 0 Å². The molecule has 58 heavy (non-hydrogen) atoms. The molecule has 0 atom stereocenters. The Kier molecular flexibility index (Phi) is 8.04. The summed E-state index contributed by atoms with van der Waals surface area (Å²) in [4.78, 5) is 20.2. The number of nitrogens with zero attached hydrogens (tertiary/aromatic N) is 5. The first-order valence-corrected chi connectivity index (χ1v) is 19.3. The standard InChI is InChI=1S/C52H33N5O/c1-4-14-34(15-5-1)35-26-29-41(30-27-35)57-45-24-11-10-23-44(45)53-52(57)40-21-12-20-38(32-40)39-28-31-46-43(33-39)48-42(22-13-25-47(48)58-46)51-55-49(36-16-6-2-7-17-36)54-50(56-51)37-18-8-3-9-19-37/h1-33H. The van der Waals surface area contributed by atoms with Crippen LogP contribution in [0.25, 0.3) is 106 Å². The van der Waals surface area contributed by atoms with Crippen LogP contribution in [0.1, 0.15) is 0 Å². The van der Waals surface area contributed by atoms with E-state index >= 15 is 0 Å². The van der Waals surface area contributed by atoms with Gasteiger partial charge >= 0.3 is 0 Å². The number of aromatic nitrogens is 5. The summed E-state index contributed by atoms with van der Waals surface area (Å²) in [5.41, 5.74) is 12.9. The molecule has 0 spiro atoms. The lowest BCUT2D eigenvalue weighted by Gasteiger charge is -2.12. The molecule has 0 bridgehead atoms. The van der Waals surface area contributed by atoms with Gasteiger partial charge in [-0.1, -0.05) is 152 Å². The summed E-state index contributed by atoms with van der Waals surface area (Å²) >= 11 is 0. The van der Waals surface area contributed by atoms with Crippen molar-refractivity contribution in [2.45, 2.75) is 0 Å². The monoisotopic (exact) mass is 743 g/mol. The molecule has 0 amide bonds. The van der Waals surface area contributed by atoms with E-state index in [-0.39, 0.29) is 0 Å². The van der Waals surface area contributed by atoms with Crippen molar-refractivity contribution in [2.24, 2.45) is 0 Å². The first-order chi connectivity index (χ1) is 28.7. The van der Waals surface area contributed by atoms with E-state index < -0.39 is 0 Å². The van der Waals surface area contributed by atoms with Gasteiger partial charge in [-0.25, -0.2) is 19.9 Å². The number of rotatable bonds is 7. The summed E-state index contributed by atoms with van der Waals surface area (Å²) in [6, 6.07) is 68.7. The molecule has 8 aromatic carbocycles. The van der Waals surface area contributed by atoms with Crippen LogP contribution in [0.15, 0.2) is 205 Å². The predicted molar refractivity (Wildman–Crippen MR) is 234 cm³/mol. The molecule has 11 rings (SSSR count). The Balaban J connectivity index is 1.03. The van der Waals surface area contributed by atoms with Crippen molar-refractivity contribution in [3.05, 3.63) is 200 Å². The highest BCUT2D eigenvalue weighted by Gasteiger charge is 2.19. The molecule has 3 heterocycles. The topological polar surface area (TPSA) is 69.6 Å². The Morgan fingerprint density at radius 3 is 1.64 bits per heavy atom. The van der Waals surface area contributed by atoms with Crippen molar-refractivity contribution in [1.29, 1.82) is 0 Å². The maximum Gasteiger partial charge on any atom is 0.164 e. The molecule has 0 unspecified atom stereocenters. The summed E-state index contributed by atoms with van der Waals surface area (Å²) in [7, 11) is 0. The second-order valence-electron chi connectivity index (χ2n) is 14.3. The van der Waals surface area contributed by atoms with Crippen LogP contribution in [0.4, 0.5) is 0 Å². The highest BCUT2D eigenvalue weighted by Crippen LogP contribution is 2.39. The molecule has 0 aliphatic rings. The van der Waals surface area contributed by atoms with Gasteiger partial charge in [-0.2, -0.15) is 0 Å². The highest BCUT2D eigenvalue weighted by atomic mass is 16.3. The highest BCUT2D eigenvalue weighted by molar-refractivity contribution is 6.12. The number of hydrogen-bond acceptors (Lipinski definition) is 5. The Labute approximate surface area is 334 Å². The van der Waals surface area contributed by atoms with Crippen LogP contribution in [-0.2, 0) is 0 Å². The quantitative estimate of drug-likeness (QED) is 0.163. The van der Waals surface area contributed by atoms with E-state index in [9.17, 15) is 0 Å². The summed E-state index contributed by atoms with van der Waals surface area (Å²) in [5.74, 6) is 2.70. The van der Waals surface area contributed by atoms with Crippen LogP contribution in [0.5, 0.6) is 0 Å². The molecule has 0 aliphatic carbocycles. The summed E-state index contributed by atoms with van der Waals surface area (Å²) in [6.45, 7) is 0. The van der Waals surface area contributed by atoms with Gasteiger partial charge in [-0.05, 0) is 70.8 Å². The smallest absolute Gasteiger partial charge is 0.164 e. The van der Waals surface area contributed by atoms with Gasteiger partial charge in [0, 0.05) is 38.7 Å². The molecule has 0 saturated heterocycles. The average Bonchev–Trinajstić information content (AvgIpc) is 3.89. The van der Waals surface area contributed by atoms with Crippen LogP contribution in [0.3, 0.4) is 0 Å². The molecule has 11 aromatic rings. The Hall–Kier alpha value is -7.96. The second-order valence-corrected chi connectivity index (χ2v) is 14.3. The van der Waals surface area contributed by atoms with Crippen LogP contribution in [0.2, 0.25) is 0 Å². The van der Waals surface area contributed by atoms with E-state index in [1.54, 1.807) is 0 Å². The molecule has 0 aliphatic heterocycles. The minimum absolute atomic E-state index is 0.587. The van der Waals surface area contributed by atoms with Gasteiger partial charge in [0.15, 0.2) is 17.5 Å². The minimum atomic E-state index is 0.587. The first-order valence-electron chi connectivity index (χ1n) is 19.3. The number of benzene rings is 8. The van der Waals surface area contributed by atoms with Crippen LogP contribution < -0.4 is 0 Å². The van der Waals surface area contributed by atoms with Crippen LogP contribution in [-0.4, -0.2) is 24.5 Å². The van der Waals surface area contributed by atoms with E-state index in [2.05, 4.69) is 120 Å². The third-order valence-corrected chi connectivity index (χ3v) is 10.7. The molecule has 0 radical (unpaired) electrons. The molecule has 3 aromatic heterocycles. The lowest BCUT2D eigenvalue weighted by atomic mass is 9.99. The number of para-hydroxylation sites is 2. The summed E-state index contributed by atoms with van der Waals surface area (Å²) in [6.07, 6.45) is 0. The maximum absolute atomic E-state index is 6.48.